The van der Waals surface area contributed by atoms with Gasteiger partial charge < -0.3 is 9.80 Å². The first-order valence-corrected chi connectivity index (χ1v) is 10.6. The van der Waals surface area contributed by atoms with Gasteiger partial charge in [-0.05, 0) is 49.9 Å². The number of hydrogen-bond acceptors (Lipinski definition) is 3. The molecule has 2 amide bonds. The normalized spacial score (nSPS) is 21.4. The zero-order valence-corrected chi connectivity index (χ0v) is 16.1. The molecule has 28 heavy (non-hydrogen) atoms. The lowest BCUT2D eigenvalue weighted by Crippen LogP contribution is -2.53. The second-order valence-corrected chi connectivity index (χ2v) is 8.41. The van der Waals surface area contributed by atoms with Crippen LogP contribution in [0.3, 0.4) is 0 Å². The van der Waals surface area contributed by atoms with Gasteiger partial charge in [0.15, 0.2) is 0 Å². The molecule has 0 spiro atoms. The summed E-state index contributed by atoms with van der Waals surface area (Å²) in [7, 11) is 0. The average molecular weight is 374 g/mol. The van der Waals surface area contributed by atoms with Crippen molar-refractivity contribution in [2.75, 3.05) is 45.8 Å². The zero-order valence-electron chi connectivity index (χ0n) is 16.1. The van der Waals surface area contributed by atoms with Crippen LogP contribution in [0.25, 0.3) is 0 Å². The molecule has 2 aliphatic carbocycles. The lowest BCUT2D eigenvalue weighted by atomic mass is 10.1. The fourth-order valence-corrected chi connectivity index (χ4v) is 4.84. The molecule has 5 nitrogen and oxygen atoms in total. The van der Waals surface area contributed by atoms with Gasteiger partial charge in [0.2, 0.25) is 0 Å². The Morgan fingerprint density at radius 1 is 0.607 bits per heavy atom. The van der Waals surface area contributed by atoms with Crippen LogP contribution in [-0.2, 0) is 0 Å². The molecule has 2 heterocycles. The molecule has 4 aliphatic rings. The molecule has 0 N–H and O–H groups in total. The van der Waals surface area contributed by atoms with E-state index in [2.05, 4.69) is 58.3 Å². The summed E-state index contributed by atoms with van der Waals surface area (Å²) >= 11 is 0. The Kier molecular flexibility index (Phi) is 3.58. The van der Waals surface area contributed by atoms with Crippen LogP contribution in [0.1, 0.15) is 25.7 Å². The monoisotopic (exact) mass is 374 g/mol. The Morgan fingerprint density at radius 3 is 1.39 bits per heavy atom. The highest BCUT2D eigenvalue weighted by molar-refractivity contribution is 6.08. The standard InChI is InChI=1S/C23H26N4O/c28-23(26-15-13-24(17-9-10-17)19-5-1-3-7-21(19)26)27-16-14-25(18-11-12-18)20-6-2-4-8-22(20)27/h1-8,17-18H,9-16H2. The summed E-state index contributed by atoms with van der Waals surface area (Å²) in [6, 6.07) is 18.3. The van der Waals surface area contributed by atoms with E-state index in [1.54, 1.807) is 0 Å². The van der Waals surface area contributed by atoms with Crippen molar-refractivity contribution in [3.05, 3.63) is 48.5 Å². The van der Waals surface area contributed by atoms with Crippen molar-refractivity contribution in [2.45, 2.75) is 37.8 Å². The van der Waals surface area contributed by atoms with E-state index < -0.39 is 0 Å². The van der Waals surface area contributed by atoms with E-state index in [1.165, 1.54) is 37.1 Å². The van der Waals surface area contributed by atoms with Gasteiger partial charge in [-0.25, -0.2) is 4.79 Å². The number of urea groups is 1. The van der Waals surface area contributed by atoms with Crippen molar-refractivity contribution in [1.29, 1.82) is 0 Å². The van der Waals surface area contributed by atoms with Gasteiger partial charge in [0.25, 0.3) is 0 Å². The Hall–Kier alpha value is -2.69. The fraction of sp³-hybridized carbons (Fsp3) is 0.435. The summed E-state index contributed by atoms with van der Waals surface area (Å²) in [4.78, 5) is 22.7. The quantitative estimate of drug-likeness (QED) is 0.793. The van der Waals surface area contributed by atoms with Gasteiger partial charge in [0, 0.05) is 38.3 Å². The molecule has 0 bridgehead atoms. The number of benzene rings is 2. The van der Waals surface area contributed by atoms with E-state index in [0.717, 1.165) is 37.6 Å². The summed E-state index contributed by atoms with van der Waals surface area (Å²) in [5.41, 5.74) is 4.56. The topological polar surface area (TPSA) is 30.0 Å². The number of carbonyl (C=O) groups excluding carboxylic acids is 1. The highest BCUT2D eigenvalue weighted by Crippen LogP contribution is 2.43. The number of fused-ring (bicyclic) bond motifs is 2. The van der Waals surface area contributed by atoms with Crippen LogP contribution in [0.15, 0.2) is 48.5 Å². The molecule has 0 aromatic heterocycles. The maximum Gasteiger partial charge on any atom is 0.329 e. The summed E-state index contributed by atoms with van der Waals surface area (Å²) in [5, 5.41) is 0. The first kappa shape index (κ1) is 16.3. The molecule has 2 saturated carbocycles. The third kappa shape index (κ3) is 2.56. The van der Waals surface area contributed by atoms with Gasteiger partial charge >= 0.3 is 6.03 Å². The van der Waals surface area contributed by atoms with Crippen LogP contribution in [0.2, 0.25) is 0 Å². The molecule has 0 radical (unpaired) electrons. The highest BCUT2D eigenvalue weighted by atomic mass is 16.2. The number of rotatable bonds is 2. The molecular formula is C23H26N4O. The minimum Gasteiger partial charge on any atom is -0.365 e. The first-order chi connectivity index (χ1) is 13.8. The summed E-state index contributed by atoms with van der Waals surface area (Å²) in [6.07, 6.45) is 5.11. The van der Waals surface area contributed by atoms with Gasteiger partial charge in [-0.1, -0.05) is 24.3 Å². The van der Waals surface area contributed by atoms with Crippen LogP contribution in [0.5, 0.6) is 0 Å². The second-order valence-electron chi connectivity index (χ2n) is 8.41. The van der Waals surface area contributed by atoms with E-state index in [0.29, 0.717) is 12.1 Å². The Bertz CT molecular complexity index is 847. The average Bonchev–Trinajstić information content (AvgIpc) is 3.65. The molecule has 0 atom stereocenters. The van der Waals surface area contributed by atoms with Crippen molar-refractivity contribution < 1.29 is 4.79 Å². The van der Waals surface area contributed by atoms with Gasteiger partial charge in [-0.3, -0.25) is 9.80 Å². The van der Waals surface area contributed by atoms with Crippen molar-refractivity contribution >= 4 is 28.8 Å². The van der Waals surface area contributed by atoms with Crippen molar-refractivity contribution in [2.24, 2.45) is 0 Å². The Morgan fingerprint density at radius 2 is 1.00 bits per heavy atom. The number of amides is 2. The zero-order chi connectivity index (χ0) is 18.7. The van der Waals surface area contributed by atoms with Crippen LogP contribution >= 0.6 is 0 Å². The van der Waals surface area contributed by atoms with Crippen LogP contribution in [-0.4, -0.2) is 44.3 Å². The molecule has 2 aromatic rings. The maximum absolute atomic E-state index is 13.7. The summed E-state index contributed by atoms with van der Waals surface area (Å²) in [6.45, 7) is 3.38. The lowest BCUT2D eigenvalue weighted by molar-refractivity contribution is 0.251. The third-order valence-corrected chi connectivity index (χ3v) is 6.53. The Labute approximate surface area is 166 Å². The highest BCUT2D eigenvalue weighted by Gasteiger charge is 2.39. The number of nitrogens with zero attached hydrogens (tertiary/aromatic N) is 4. The van der Waals surface area contributed by atoms with E-state index in [4.69, 9.17) is 0 Å². The third-order valence-electron chi connectivity index (χ3n) is 6.53. The SMILES string of the molecule is O=C(N1CCN(C2CC2)c2ccccc21)N1CCN(C2CC2)c2ccccc21. The molecule has 6 rings (SSSR count). The molecule has 2 aliphatic heterocycles. The number of para-hydroxylation sites is 4. The van der Waals surface area contributed by atoms with Crippen LogP contribution in [0.4, 0.5) is 27.5 Å². The summed E-state index contributed by atoms with van der Waals surface area (Å²) in [5.74, 6) is 0. The van der Waals surface area contributed by atoms with Crippen molar-refractivity contribution in [1.82, 2.24) is 0 Å². The predicted molar refractivity (Wildman–Crippen MR) is 114 cm³/mol. The maximum atomic E-state index is 13.7. The molecular weight excluding hydrogens is 348 g/mol. The van der Waals surface area contributed by atoms with E-state index in [-0.39, 0.29) is 6.03 Å². The number of anilines is 4. The van der Waals surface area contributed by atoms with Crippen LogP contribution in [0, 0.1) is 0 Å². The van der Waals surface area contributed by atoms with Gasteiger partial charge in [-0.15, -0.1) is 0 Å². The van der Waals surface area contributed by atoms with Crippen molar-refractivity contribution in [3.63, 3.8) is 0 Å². The molecule has 2 aromatic carbocycles. The van der Waals surface area contributed by atoms with E-state index in [1.807, 2.05) is 9.80 Å². The Balaban J connectivity index is 1.34. The van der Waals surface area contributed by atoms with E-state index >= 15 is 0 Å². The number of hydrogen-bond donors (Lipinski definition) is 0. The van der Waals surface area contributed by atoms with Gasteiger partial charge in [0.1, 0.15) is 0 Å². The smallest absolute Gasteiger partial charge is 0.329 e. The second kappa shape index (κ2) is 6.16. The van der Waals surface area contributed by atoms with Gasteiger partial charge in [-0.2, -0.15) is 0 Å². The molecule has 2 fully saturated rings. The largest absolute Gasteiger partial charge is 0.365 e. The fourth-order valence-electron chi connectivity index (χ4n) is 4.84. The summed E-state index contributed by atoms with van der Waals surface area (Å²) < 4.78 is 0. The van der Waals surface area contributed by atoms with Gasteiger partial charge in [0.05, 0.1) is 22.7 Å². The minimum atomic E-state index is 0.116. The molecule has 5 heteroatoms. The molecule has 0 unspecified atom stereocenters. The molecule has 0 saturated heterocycles. The van der Waals surface area contributed by atoms with Crippen LogP contribution < -0.4 is 19.6 Å². The lowest BCUT2D eigenvalue weighted by Gasteiger charge is -2.43. The first-order valence-electron chi connectivity index (χ1n) is 10.6. The van der Waals surface area contributed by atoms with Crippen molar-refractivity contribution in [3.8, 4) is 0 Å². The predicted octanol–water partition coefficient (Wildman–Crippen LogP) is 4.08. The number of carbonyl (C=O) groups is 1. The molecule has 144 valence electrons. The van der Waals surface area contributed by atoms with E-state index in [9.17, 15) is 4.79 Å². The minimum absolute atomic E-state index is 0.116.